The first-order valence-electron chi connectivity index (χ1n) is 9.33. The maximum atomic E-state index is 12.4. The van der Waals surface area contributed by atoms with Crippen LogP contribution >= 0.6 is 11.6 Å². The number of carbonyl (C=O) groups excluding carboxylic acids is 1. The van der Waals surface area contributed by atoms with E-state index in [0.29, 0.717) is 33.4 Å². The zero-order chi connectivity index (χ0) is 22.0. The topological polar surface area (TPSA) is 94.6 Å². The van der Waals surface area contributed by atoms with E-state index >= 15 is 0 Å². The second kappa shape index (κ2) is 8.42. The number of hydrogen-bond donors (Lipinski definition) is 1. The number of benzene rings is 3. The highest BCUT2D eigenvalue weighted by atomic mass is 35.5. The quantitative estimate of drug-likeness (QED) is 0.470. The predicted molar refractivity (Wildman–Crippen MR) is 115 cm³/mol. The minimum Gasteiger partial charge on any atom is -0.497 e. The van der Waals surface area contributed by atoms with Gasteiger partial charge in [0.2, 0.25) is 5.88 Å². The van der Waals surface area contributed by atoms with E-state index < -0.39 is 11.9 Å². The molecular formula is C24H17ClN2O4. The van der Waals surface area contributed by atoms with Gasteiger partial charge in [-0.05, 0) is 48.0 Å². The smallest absolute Gasteiger partial charge is 0.343 e. The van der Waals surface area contributed by atoms with Gasteiger partial charge in [-0.25, -0.2) is 4.79 Å². The second-order valence-electron chi connectivity index (χ2n) is 6.79. The Kier molecular flexibility index (Phi) is 5.52. The number of rotatable bonds is 4. The number of ether oxygens (including phenoxy) is 3. The Bertz CT molecular complexity index is 1210. The van der Waals surface area contributed by atoms with Gasteiger partial charge < -0.3 is 19.9 Å². The molecule has 31 heavy (non-hydrogen) atoms. The Hall–Kier alpha value is -3.95. The fourth-order valence-electron chi connectivity index (χ4n) is 3.39. The summed E-state index contributed by atoms with van der Waals surface area (Å²) in [7, 11) is 1.59. The summed E-state index contributed by atoms with van der Waals surface area (Å²) >= 11 is 5.86. The average molecular weight is 433 g/mol. The molecule has 1 unspecified atom stereocenters. The number of nitriles is 1. The normalized spacial score (nSPS) is 14.8. The highest BCUT2D eigenvalue weighted by molar-refractivity contribution is 6.30. The summed E-state index contributed by atoms with van der Waals surface area (Å²) in [6, 6.07) is 20.9. The highest BCUT2D eigenvalue weighted by Crippen LogP contribution is 2.43. The van der Waals surface area contributed by atoms with Crippen molar-refractivity contribution in [1.29, 1.82) is 5.26 Å². The molecule has 1 aliphatic heterocycles. The molecule has 2 N–H and O–H groups in total. The van der Waals surface area contributed by atoms with E-state index in [2.05, 4.69) is 6.07 Å². The van der Waals surface area contributed by atoms with Crippen LogP contribution in [0.2, 0.25) is 5.02 Å². The van der Waals surface area contributed by atoms with Crippen LogP contribution in [0.15, 0.2) is 78.2 Å². The van der Waals surface area contributed by atoms with Crippen molar-refractivity contribution < 1.29 is 19.0 Å². The maximum absolute atomic E-state index is 12.4. The second-order valence-corrected chi connectivity index (χ2v) is 7.23. The lowest BCUT2D eigenvalue weighted by molar-refractivity contribution is 0.0734. The number of fused-ring (bicyclic) bond motifs is 1. The van der Waals surface area contributed by atoms with Gasteiger partial charge in [-0.15, -0.1) is 0 Å². The molecule has 7 heteroatoms. The lowest BCUT2D eigenvalue weighted by atomic mass is 9.83. The van der Waals surface area contributed by atoms with Crippen molar-refractivity contribution in [2.75, 3.05) is 7.11 Å². The molecule has 0 fully saturated rings. The van der Waals surface area contributed by atoms with Crippen molar-refractivity contribution >= 4 is 17.6 Å². The molecule has 0 amide bonds. The number of allylic oxidation sites excluding steroid dienone is 1. The Balaban J connectivity index is 1.67. The Morgan fingerprint density at radius 3 is 2.39 bits per heavy atom. The third-order valence-corrected chi connectivity index (χ3v) is 5.18. The SMILES string of the molecule is COc1ccc(C2C(C#N)=C(N)Oc3cc(OC(=O)c4ccc(Cl)cc4)ccc32)cc1. The summed E-state index contributed by atoms with van der Waals surface area (Å²) in [6.45, 7) is 0. The Morgan fingerprint density at radius 2 is 1.74 bits per heavy atom. The van der Waals surface area contributed by atoms with Crippen molar-refractivity contribution in [1.82, 2.24) is 0 Å². The molecule has 3 aromatic carbocycles. The zero-order valence-electron chi connectivity index (χ0n) is 16.5. The van der Waals surface area contributed by atoms with Gasteiger partial charge in [-0.3, -0.25) is 0 Å². The molecule has 0 aliphatic carbocycles. The van der Waals surface area contributed by atoms with Crippen LogP contribution in [0.4, 0.5) is 0 Å². The van der Waals surface area contributed by atoms with Gasteiger partial charge in [0.05, 0.1) is 18.6 Å². The maximum Gasteiger partial charge on any atom is 0.343 e. The number of carbonyl (C=O) groups is 1. The molecule has 4 rings (SSSR count). The van der Waals surface area contributed by atoms with Crippen molar-refractivity contribution in [2.24, 2.45) is 5.73 Å². The minimum atomic E-state index is -0.527. The van der Waals surface area contributed by atoms with E-state index in [1.54, 1.807) is 49.6 Å². The monoisotopic (exact) mass is 432 g/mol. The van der Waals surface area contributed by atoms with Gasteiger partial charge >= 0.3 is 5.97 Å². The van der Waals surface area contributed by atoms with Crippen molar-refractivity contribution in [2.45, 2.75) is 5.92 Å². The van der Waals surface area contributed by atoms with Crippen LogP contribution in [0.5, 0.6) is 17.2 Å². The van der Waals surface area contributed by atoms with Crippen LogP contribution in [-0.2, 0) is 0 Å². The number of nitrogens with zero attached hydrogens (tertiary/aromatic N) is 1. The first-order valence-corrected chi connectivity index (χ1v) is 9.71. The number of halogens is 1. The predicted octanol–water partition coefficient (Wildman–Crippen LogP) is 4.79. The molecule has 1 atom stereocenters. The lowest BCUT2D eigenvalue weighted by Crippen LogP contribution is -2.21. The largest absolute Gasteiger partial charge is 0.497 e. The fraction of sp³-hybridized carbons (Fsp3) is 0.0833. The summed E-state index contributed by atoms with van der Waals surface area (Å²) in [5, 5.41) is 10.2. The summed E-state index contributed by atoms with van der Waals surface area (Å²) in [6.07, 6.45) is 0. The van der Waals surface area contributed by atoms with Gasteiger partial charge in [-0.2, -0.15) is 5.26 Å². The molecule has 0 aromatic heterocycles. The molecule has 0 spiro atoms. The van der Waals surface area contributed by atoms with Crippen LogP contribution in [0.1, 0.15) is 27.4 Å². The lowest BCUT2D eigenvalue weighted by Gasteiger charge is -2.26. The van der Waals surface area contributed by atoms with E-state index in [9.17, 15) is 10.1 Å². The summed E-state index contributed by atoms with van der Waals surface area (Å²) in [4.78, 5) is 12.4. The van der Waals surface area contributed by atoms with Crippen LogP contribution < -0.4 is 19.9 Å². The van der Waals surface area contributed by atoms with Gasteiger partial charge in [0.25, 0.3) is 0 Å². The third-order valence-electron chi connectivity index (χ3n) is 4.93. The van der Waals surface area contributed by atoms with Gasteiger partial charge in [-0.1, -0.05) is 29.8 Å². The van der Waals surface area contributed by atoms with Crippen molar-refractivity contribution in [3.63, 3.8) is 0 Å². The summed E-state index contributed by atoms with van der Waals surface area (Å²) in [5.74, 6) is 0.480. The summed E-state index contributed by atoms with van der Waals surface area (Å²) < 4.78 is 16.4. The third kappa shape index (κ3) is 4.04. The standard InChI is InChI=1S/C24H17ClN2O4/c1-29-17-8-4-14(5-9-17)22-19-11-10-18(12-21(19)31-23(27)20(22)13-26)30-24(28)15-2-6-16(25)7-3-15/h2-12,22H,27H2,1H3. The van der Waals surface area contributed by atoms with Gasteiger partial charge in [0, 0.05) is 16.7 Å². The van der Waals surface area contributed by atoms with E-state index in [0.717, 1.165) is 11.1 Å². The van der Waals surface area contributed by atoms with E-state index in [-0.39, 0.29) is 5.88 Å². The summed E-state index contributed by atoms with van der Waals surface area (Å²) in [5.41, 5.74) is 8.30. The van der Waals surface area contributed by atoms with Crippen molar-refractivity contribution in [3.05, 3.63) is 99.9 Å². The number of methoxy groups -OCH3 is 1. The average Bonchev–Trinajstić information content (AvgIpc) is 2.78. The Labute approximate surface area is 184 Å². The first kappa shape index (κ1) is 20.3. The molecule has 1 aliphatic rings. The molecule has 0 saturated heterocycles. The molecule has 0 radical (unpaired) electrons. The minimum absolute atomic E-state index is 0.0111. The molecule has 6 nitrogen and oxygen atoms in total. The molecule has 0 bridgehead atoms. The number of nitrogens with two attached hydrogens (primary N) is 1. The van der Waals surface area contributed by atoms with Crippen LogP contribution in [0.3, 0.4) is 0 Å². The molecule has 154 valence electrons. The van der Waals surface area contributed by atoms with Gasteiger partial charge in [0.15, 0.2) is 0 Å². The van der Waals surface area contributed by atoms with Gasteiger partial charge in [0.1, 0.15) is 28.9 Å². The molecule has 0 saturated carbocycles. The number of esters is 1. The van der Waals surface area contributed by atoms with Crippen LogP contribution in [0, 0.1) is 11.3 Å². The molecule has 1 heterocycles. The fourth-order valence-corrected chi connectivity index (χ4v) is 3.52. The van der Waals surface area contributed by atoms with E-state index in [4.69, 9.17) is 31.5 Å². The zero-order valence-corrected chi connectivity index (χ0v) is 17.2. The first-order chi connectivity index (χ1) is 15.0. The van der Waals surface area contributed by atoms with Crippen molar-refractivity contribution in [3.8, 4) is 23.3 Å². The van der Waals surface area contributed by atoms with E-state index in [1.807, 2.05) is 24.3 Å². The Morgan fingerprint density at radius 1 is 1.06 bits per heavy atom. The van der Waals surface area contributed by atoms with E-state index in [1.165, 1.54) is 0 Å². The highest BCUT2D eigenvalue weighted by Gasteiger charge is 2.31. The molecule has 3 aromatic rings. The molecular weight excluding hydrogens is 416 g/mol. The van der Waals surface area contributed by atoms with Crippen LogP contribution in [-0.4, -0.2) is 13.1 Å². The van der Waals surface area contributed by atoms with Crippen LogP contribution in [0.25, 0.3) is 0 Å². The number of hydrogen-bond acceptors (Lipinski definition) is 6.